The van der Waals surface area contributed by atoms with Crippen LogP contribution in [0.25, 0.3) is 0 Å². The van der Waals surface area contributed by atoms with Crippen molar-refractivity contribution in [1.82, 2.24) is 4.31 Å². The number of halogens is 1. The van der Waals surface area contributed by atoms with Crippen molar-refractivity contribution in [3.8, 4) is 5.75 Å². The molecule has 2 heterocycles. The van der Waals surface area contributed by atoms with Crippen LogP contribution in [0, 0.1) is 0 Å². The molecule has 0 radical (unpaired) electrons. The first-order chi connectivity index (χ1) is 12.9. The third-order valence-electron chi connectivity index (χ3n) is 3.99. The summed E-state index contributed by atoms with van der Waals surface area (Å²) >= 11 is 6.11. The number of benzene rings is 1. The third-order valence-corrected chi connectivity index (χ3v) is 6.21. The Hall–Kier alpha value is -2.20. The molecular weight excluding hydrogens is 394 g/mol. The number of carbonyl (C=O) groups is 1. The molecule has 1 fully saturated rings. The van der Waals surface area contributed by atoms with E-state index in [-0.39, 0.29) is 41.0 Å². The first-order valence-electron chi connectivity index (χ1n) is 8.21. The van der Waals surface area contributed by atoms with Gasteiger partial charge in [0, 0.05) is 19.2 Å². The minimum Gasteiger partial charge on any atom is -0.503 e. The van der Waals surface area contributed by atoms with Gasteiger partial charge in [-0.15, -0.1) is 0 Å². The van der Waals surface area contributed by atoms with Crippen molar-refractivity contribution >= 4 is 33.2 Å². The van der Waals surface area contributed by atoms with Crippen LogP contribution in [-0.4, -0.2) is 50.0 Å². The van der Waals surface area contributed by atoms with E-state index in [1.165, 1.54) is 39.3 Å². The largest absolute Gasteiger partial charge is 0.503 e. The summed E-state index contributed by atoms with van der Waals surface area (Å²) in [7, 11) is -3.70. The Kier molecular flexibility index (Phi) is 5.95. The second-order valence-electron chi connectivity index (χ2n) is 5.94. The molecule has 1 amide bonds. The van der Waals surface area contributed by atoms with E-state index in [9.17, 15) is 18.3 Å². The van der Waals surface area contributed by atoms with E-state index in [1.54, 1.807) is 12.3 Å². The first kappa shape index (κ1) is 19.6. The first-order valence-corrected chi connectivity index (χ1v) is 10.0. The Bertz CT molecular complexity index is 945. The zero-order chi connectivity index (χ0) is 19.4. The van der Waals surface area contributed by atoms with Crippen LogP contribution >= 0.6 is 11.6 Å². The monoisotopic (exact) mass is 412 g/mol. The smallest absolute Gasteiger partial charge is 0.290 e. The molecule has 1 aliphatic rings. The van der Waals surface area contributed by atoms with Crippen LogP contribution < -0.4 is 9.88 Å². The maximum absolute atomic E-state index is 12.7. The van der Waals surface area contributed by atoms with E-state index in [4.69, 9.17) is 16.3 Å². The SMILES string of the molecule is O=C(C[n+]1cccc(O)c1)Nc1cc(S(=O)(=O)N2CCOCC2)ccc1Cl. The van der Waals surface area contributed by atoms with E-state index >= 15 is 0 Å². The minimum atomic E-state index is -3.70. The number of aromatic nitrogens is 1. The van der Waals surface area contributed by atoms with Gasteiger partial charge in [0.2, 0.25) is 22.8 Å². The Labute approximate surface area is 162 Å². The quantitative estimate of drug-likeness (QED) is 0.713. The van der Waals surface area contributed by atoms with Crippen molar-refractivity contribution in [3.05, 3.63) is 47.7 Å². The molecule has 0 bridgehead atoms. The van der Waals surface area contributed by atoms with Crippen LogP contribution in [0.3, 0.4) is 0 Å². The van der Waals surface area contributed by atoms with E-state index in [0.717, 1.165) is 0 Å². The zero-order valence-electron chi connectivity index (χ0n) is 14.3. The Morgan fingerprint density at radius 3 is 2.74 bits per heavy atom. The molecule has 10 heteroatoms. The summed E-state index contributed by atoms with van der Waals surface area (Å²) in [4.78, 5) is 12.3. The highest BCUT2D eigenvalue weighted by Crippen LogP contribution is 2.27. The lowest BCUT2D eigenvalue weighted by molar-refractivity contribution is -0.684. The lowest BCUT2D eigenvalue weighted by Crippen LogP contribution is -2.40. The number of morpholine rings is 1. The minimum absolute atomic E-state index is 0.0296. The highest BCUT2D eigenvalue weighted by molar-refractivity contribution is 7.89. The highest BCUT2D eigenvalue weighted by Gasteiger charge is 2.27. The Balaban J connectivity index is 1.78. The number of hydrogen-bond donors (Lipinski definition) is 2. The van der Waals surface area contributed by atoms with Gasteiger partial charge in [0.25, 0.3) is 5.91 Å². The molecule has 144 valence electrons. The van der Waals surface area contributed by atoms with Gasteiger partial charge in [-0.05, 0) is 24.3 Å². The maximum Gasteiger partial charge on any atom is 0.290 e. The lowest BCUT2D eigenvalue weighted by atomic mass is 10.3. The summed E-state index contributed by atoms with van der Waals surface area (Å²) in [6.45, 7) is 1.18. The summed E-state index contributed by atoms with van der Waals surface area (Å²) in [5.41, 5.74) is 0.205. The van der Waals surface area contributed by atoms with E-state index in [2.05, 4.69) is 5.32 Å². The second kappa shape index (κ2) is 8.22. The van der Waals surface area contributed by atoms with Crippen LogP contribution in [0.2, 0.25) is 5.02 Å². The molecule has 0 saturated carbocycles. The van der Waals surface area contributed by atoms with Gasteiger partial charge in [-0.25, -0.2) is 8.42 Å². The van der Waals surface area contributed by atoms with Gasteiger partial charge in [0.15, 0.2) is 11.9 Å². The number of ether oxygens (including phenoxy) is 1. The van der Waals surface area contributed by atoms with E-state index in [1.807, 2.05) is 0 Å². The van der Waals surface area contributed by atoms with Crippen LogP contribution in [0.1, 0.15) is 0 Å². The van der Waals surface area contributed by atoms with E-state index in [0.29, 0.717) is 13.2 Å². The average molecular weight is 413 g/mol. The lowest BCUT2D eigenvalue weighted by Gasteiger charge is -2.26. The number of nitrogens with zero attached hydrogens (tertiary/aromatic N) is 2. The van der Waals surface area contributed by atoms with Gasteiger partial charge in [-0.2, -0.15) is 8.87 Å². The number of rotatable bonds is 5. The molecule has 8 nitrogen and oxygen atoms in total. The van der Waals surface area contributed by atoms with E-state index < -0.39 is 15.9 Å². The topological polar surface area (TPSA) is 99.8 Å². The Morgan fingerprint density at radius 2 is 2.04 bits per heavy atom. The molecular formula is C17H19ClN3O5S+. The number of aromatic hydroxyl groups is 1. The second-order valence-corrected chi connectivity index (χ2v) is 8.29. The molecule has 2 N–H and O–H groups in total. The number of hydrogen-bond acceptors (Lipinski definition) is 5. The standard InChI is InChI=1S/C17H18ClN3O5S/c18-15-4-3-14(27(24,25)21-6-8-26-9-7-21)10-16(15)19-17(23)12-20-5-1-2-13(22)11-20/h1-5,10-11H,6-9,12H2,(H-,19,22,23)/p+1. The van der Waals surface area contributed by atoms with Crippen molar-refractivity contribution in [2.24, 2.45) is 0 Å². The summed E-state index contributed by atoms with van der Waals surface area (Å²) in [5.74, 6) is -0.379. The molecule has 0 spiro atoms. The van der Waals surface area contributed by atoms with Crippen molar-refractivity contribution < 1.29 is 27.6 Å². The number of carbonyl (C=O) groups excluding carboxylic acids is 1. The van der Waals surface area contributed by atoms with Crippen molar-refractivity contribution in [1.29, 1.82) is 0 Å². The fourth-order valence-electron chi connectivity index (χ4n) is 2.66. The molecule has 1 saturated heterocycles. The highest BCUT2D eigenvalue weighted by atomic mass is 35.5. The van der Waals surface area contributed by atoms with Crippen LogP contribution in [0.15, 0.2) is 47.6 Å². The number of anilines is 1. The maximum atomic E-state index is 12.7. The molecule has 0 aliphatic carbocycles. The van der Waals surface area contributed by atoms with Gasteiger partial charge >= 0.3 is 0 Å². The number of pyridine rings is 1. The van der Waals surface area contributed by atoms with Gasteiger partial charge < -0.3 is 15.2 Å². The van der Waals surface area contributed by atoms with Crippen LogP contribution in [-0.2, 0) is 26.1 Å². The zero-order valence-corrected chi connectivity index (χ0v) is 15.9. The van der Waals surface area contributed by atoms with Crippen molar-refractivity contribution in [3.63, 3.8) is 0 Å². The summed E-state index contributed by atoms with van der Waals surface area (Å²) in [6.07, 6.45) is 3.03. The molecule has 1 aromatic carbocycles. The van der Waals surface area contributed by atoms with Gasteiger partial charge in [-0.1, -0.05) is 11.6 Å². The number of sulfonamides is 1. The fourth-order valence-corrected chi connectivity index (χ4v) is 4.26. The normalized spacial score (nSPS) is 15.4. The van der Waals surface area contributed by atoms with Gasteiger partial charge in [0.1, 0.15) is 0 Å². The fraction of sp³-hybridized carbons (Fsp3) is 0.294. The van der Waals surface area contributed by atoms with Crippen LogP contribution in [0.4, 0.5) is 5.69 Å². The average Bonchev–Trinajstić information content (AvgIpc) is 2.64. The molecule has 27 heavy (non-hydrogen) atoms. The summed E-state index contributed by atoms with van der Waals surface area (Å²) in [5, 5.41) is 12.3. The third kappa shape index (κ3) is 4.75. The predicted molar refractivity (Wildman–Crippen MR) is 98.0 cm³/mol. The van der Waals surface area contributed by atoms with Gasteiger partial charge in [-0.3, -0.25) is 4.79 Å². The number of amides is 1. The van der Waals surface area contributed by atoms with Crippen molar-refractivity contribution in [2.75, 3.05) is 31.6 Å². The molecule has 1 aromatic heterocycles. The van der Waals surface area contributed by atoms with Crippen LogP contribution in [0.5, 0.6) is 5.75 Å². The molecule has 0 unspecified atom stereocenters. The number of nitrogens with one attached hydrogen (secondary N) is 1. The molecule has 2 aromatic rings. The molecule has 1 aliphatic heterocycles. The summed E-state index contributed by atoms with van der Waals surface area (Å²) < 4.78 is 33.5. The molecule has 3 rings (SSSR count). The van der Waals surface area contributed by atoms with Gasteiger partial charge in [0.05, 0.1) is 28.8 Å². The van der Waals surface area contributed by atoms with Crippen molar-refractivity contribution in [2.45, 2.75) is 11.4 Å². The molecule has 0 atom stereocenters. The summed E-state index contributed by atoms with van der Waals surface area (Å²) in [6, 6.07) is 7.28. The predicted octanol–water partition coefficient (Wildman–Crippen LogP) is 0.993. The Morgan fingerprint density at radius 1 is 1.30 bits per heavy atom.